The quantitative estimate of drug-likeness (QED) is 0.0890. The van der Waals surface area contributed by atoms with E-state index in [0.29, 0.717) is 96.8 Å². The Labute approximate surface area is 406 Å². The van der Waals surface area contributed by atoms with Crippen molar-refractivity contribution < 1.29 is 56.4 Å². The maximum absolute atomic E-state index is 13.6. The molecular formula is C50H50ClF2N7O10. The Hall–Kier alpha value is -6.93. The lowest BCUT2D eigenvalue weighted by atomic mass is 9.94. The average Bonchev–Trinajstić information content (AvgIpc) is 3.96. The molecule has 1 saturated carbocycles. The first kappa shape index (κ1) is 48.1. The third kappa shape index (κ3) is 10.9. The number of amides is 4. The largest absolute Gasteiger partial charge is 0.586 e. The molecule has 17 nitrogen and oxygen atoms in total. The first-order valence-corrected chi connectivity index (χ1v) is 23.2. The van der Waals surface area contributed by atoms with Gasteiger partial charge in [0, 0.05) is 72.6 Å². The fraction of sp³-hybridized carbons (Fsp3) is 0.360. The first-order chi connectivity index (χ1) is 33.7. The molecule has 2 fully saturated rings. The number of pyridine rings is 2. The number of piperazine rings is 1. The SMILES string of the molecule is Cc1ccc(NC(=O)C2(c3ccc4c(c3)OC(F)(F)O4)CC2)nc1-c1cccc(C(=O)NCCOCCOCCOCC(=O)N2CCN(C(=O)[C@H]3Cc4cc(Cl)cc(-c5ccnc(N)c5)c4O3)CC2)c1. The highest BCUT2D eigenvalue weighted by Crippen LogP contribution is 2.52. The van der Waals surface area contributed by atoms with Crippen LogP contribution < -0.4 is 30.6 Å². The number of aryl methyl sites for hydroxylation is 1. The highest BCUT2D eigenvalue weighted by Gasteiger charge is 2.53. The minimum absolute atomic E-state index is 0.0892. The van der Waals surface area contributed by atoms with Crippen LogP contribution in [0.2, 0.25) is 5.02 Å². The van der Waals surface area contributed by atoms with E-state index in [1.54, 1.807) is 58.5 Å². The van der Waals surface area contributed by atoms with Crippen LogP contribution in [0.5, 0.6) is 17.2 Å². The standard InChI is InChI=1S/C50H50ClF2N7O10/c1-30-5-8-42(58-48(64)49(10-11-49)35-6-7-38-39(27-35)70-50(52,53)69-38)57-44(30)32-3-2-4-33(23-32)46(62)56-13-18-65-19-20-66-21-22-67-29-43(61)59-14-16-60(17-15-59)47(63)40-25-34-24-36(51)28-37(45(34)68-40)31-9-12-55-41(54)26-31/h2-9,12,23-24,26-28,40H,10-11,13-22,25,29H2,1H3,(H2,54,55)(H,56,62)(H,57,58,64)/t40-/m1/s1. The number of aromatic nitrogens is 2. The molecule has 2 aromatic heterocycles. The average molecular weight is 982 g/mol. The van der Waals surface area contributed by atoms with Gasteiger partial charge < -0.3 is 54.6 Å². The van der Waals surface area contributed by atoms with E-state index in [4.69, 9.17) is 41.3 Å². The van der Waals surface area contributed by atoms with Gasteiger partial charge in [-0.3, -0.25) is 19.2 Å². The maximum Gasteiger partial charge on any atom is 0.586 e. The third-order valence-corrected chi connectivity index (χ3v) is 12.7. The van der Waals surface area contributed by atoms with Gasteiger partial charge in [-0.05, 0) is 91.1 Å². The van der Waals surface area contributed by atoms with Crippen LogP contribution >= 0.6 is 11.6 Å². The molecule has 4 aliphatic rings. The summed E-state index contributed by atoms with van der Waals surface area (Å²) < 4.78 is 59.2. The summed E-state index contributed by atoms with van der Waals surface area (Å²) in [6, 6.07) is 22.0. The van der Waals surface area contributed by atoms with Crippen LogP contribution in [0, 0.1) is 6.92 Å². The summed E-state index contributed by atoms with van der Waals surface area (Å²) in [5.41, 5.74) is 10.4. The third-order valence-electron chi connectivity index (χ3n) is 12.5. The van der Waals surface area contributed by atoms with Crippen LogP contribution in [0.4, 0.5) is 20.4 Å². The van der Waals surface area contributed by atoms with Gasteiger partial charge in [-0.2, -0.15) is 0 Å². The highest BCUT2D eigenvalue weighted by molar-refractivity contribution is 6.31. The normalized spacial score (nSPS) is 17.1. The fourth-order valence-corrected chi connectivity index (χ4v) is 8.90. The predicted octanol–water partition coefficient (Wildman–Crippen LogP) is 5.80. The lowest BCUT2D eigenvalue weighted by molar-refractivity contribution is -0.286. The van der Waals surface area contributed by atoms with Gasteiger partial charge >= 0.3 is 6.29 Å². The van der Waals surface area contributed by atoms with Crippen LogP contribution in [0.15, 0.2) is 85.1 Å². The van der Waals surface area contributed by atoms with Gasteiger partial charge in [0.25, 0.3) is 11.8 Å². The van der Waals surface area contributed by atoms with Crippen molar-refractivity contribution in [1.82, 2.24) is 25.1 Å². The number of carbonyl (C=O) groups excluding carboxylic acids is 4. The van der Waals surface area contributed by atoms with Crippen molar-refractivity contribution in [3.63, 3.8) is 0 Å². The zero-order valence-corrected chi connectivity index (χ0v) is 38.9. The number of nitrogen functional groups attached to an aromatic ring is 1. The van der Waals surface area contributed by atoms with Crippen LogP contribution in [-0.4, -0.2) is 128 Å². The summed E-state index contributed by atoms with van der Waals surface area (Å²) in [7, 11) is 0. The molecule has 0 bridgehead atoms. The Bertz CT molecular complexity index is 2810. The molecular weight excluding hydrogens is 932 g/mol. The van der Waals surface area contributed by atoms with Crippen molar-refractivity contribution in [3.8, 4) is 39.6 Å². The minimum atomic E-state index is -3.76. The number of carbonyl (C=O) groups is 4. The monoisotopic (exact) mass is 981 g/mol. The summed E-state index contributed by atoms with van der Waals surface area (Å²) in [5.74, 6) is 0.122. The fourth-order valence-electron chi connectivity index (χ4n) is 8.65. The maximum atomic E-state index is 13.6. The lowest BCUT2D eigenvalue weighted by Crippen LogP contribution is -2.54. The second-order valence-electron chi connectivity index (χ2n) is 17.3. The molecule has 20 heteroatoms. The highest BCUT2D eigenvalue weighted by atomic mass is 35.5. The Balaban J connectivity index is 0.635. The molecule has 3 aliphatic heterocycles. The van der Waals surface area contributed by atoms with Gasteiger partial charge in [0.2, 0.25) is 11.8 Å². The molecule has 4 N–H and O–H groups in total. The second-order valence-corrected chi connectivity index (χ2v) is 17.7. The van der Waals surface area contributed by atoms with Crippen molar-refractivity contribution in [3.05, 3.63) is 112 Å². The number of fused-ring (bicyclic) bond motifs is 2. The molecule has 3 aromatic carbocycles. The molecule has 1 saturated heterocycles. The van der Waals surface area contributed by atoms with E-state index in [2.05, 4.69) is 25.1 Å². The zero-order valence-electron chi connectivity index (χ0n) is 38.1. The number of hydrogen-bond acceptors (Lipinski definition) is 13. The summed E-state index contributed by atoms with van der Waals surface area (Å²) in [6.45, 7) is 4.82. The van der Waals surface area contributed by atoms with E-state index in [1.165, 1.54) is 12.1 Å². The van der Waals surface area contributed by atoms with Gasteiger partial charge in [-0.1, -0.05) is 35.9 Å². The van der Waals surface area contributed by atoms with E-state index in [0.717, 1.165) is 22.3 Å². The summed E-state index contributed by atoms with van der Waals surface area (Å²) in [6.07, 6.45) is -1.41. The van der Waals surface area contributed by atoms with Crippen LogP contribution in [0.1, 0.15) is 39.9 Å². The van der Waals surface area contributed by atoms with Crippen molar-refractivity contribution in [1.29, 1.82) is 0 Å². The van der Waals surface area contributed by atoms with Gasteiger partial charge in [0.1, 0.15) is 24.0 Å². The molecule has 0 unspecified atom stereocenters. The topological polar surface area (TPSA) is 206 Å². The number of alkyl halides is 2. The number of hydrogen-bond donors (Lipinski definition) is 3. The van der Waals surface area contributed by atoms with E-state index < -0.39 is 17.8 Å². The van der Waals surface area contributed by atoms with Crippen molar-refractivity contribution in [2.45, 2.75) is 44.0 Å². The van der Waals surface area contributed by atoms with Gasteiger partial charge in [0.15, 0.2) is 17.6 Å². The number of benzene rings is 3. The van der Waals surface area contributed by atoms with Crippen molar-refractivity contribution >= 4 is 46.9 Å². The number of nitrogens with two attached hydrogens (primary N) is 1. The molecule has 1 aliphatic carbocycles. The summed E-state index contributed by atoms with van der Waals surface area (Å²) >= 11 is 6.42. The molecule has 1 atom stereocenters. The van der Waals surface area contributed by atoms with Crippen molar-refractivity contribution in [2.24, 2.45) is 0 Å². The lowest BCUT2D eigenvalue weighted by Gasteiger charge is -2.35. The summed E-state index contributed by atoms with van der Waals surface area (Å²) in [5, 5.41) is 6.27. The number of ether oxygens (including phenoxy) is 6. The van der Waals surface area contributed by atoms with Gasteiger partial charge in [-0.15, -0.1) is 8.78 Å². The smallest absolute Gasteiger partial charge is 0.479 e. The Kier molecular flexibility index (Phi) is 14.1. The predicted molar refractivity (Wildman–Crippen MR) is 252 cm³/mol. The van der Waals surface area contributed by atoms with Crippen LogP contribution in [0.25, 0.3) is 22.4 Å². The van der Waals surface area contributed by atoms with E-state index in [-0.39, 0.29) is 74.7 Å². The molecule has 9 rings (SSSR count). The molecule has 366 valence electrons. The molecule has 0 spiro atoms. The second kappa shape index (κ2) is 20.6. The number of anilines is 2. The molecule has 4 amide bonds. The molecule has 70 heavy (non-hydrogen) atoms. The van der Waals surface area contributed by atoms with E-state index in [9.17, 15) is 28.0 Å². The molecule has 5 aromatic rings. The van der Waals surface area contributed by atoms with E-state index >= 15 is 0 Å². The van der Waals surface area contributed by atoms with E-state index in [1.807, 2.05) is 31.2 Å². The Morgan fingerprint density at radius 2 is 1.59 bits per heavy atom. The minimum Gasteiger partial charge on any atom is -0.479 e. The number of rotatable bonds is 18. The van der Waals surface area contributed by atoms with Crippen molar-refractivity contribution in [2.75, 3.05) is 83.4 Å². The molecule has 5 heterocycles. The molecule has 0 radical (unpaired) electrons. The number of nitrogens with one attached hydrogen (secondary N) is 2. The van der Waals surface area contributed by atoms with Crippen LogP contribution in [-0.2, 0) is 40.4 Å². The van der Waals surface area contributed by atoms with Crippen LogP contribution in [0.3, 0.4) is 0 Å². The Morgan fingerprint density at radius 1 is 0.843 bits per heavy atom. The number of nitrogens with zero attached hydrogens (tertiary/aromatic N) is 4. The van der Waals surface area contributed by atoms with Gasteiger partial charge in [-0.25, -0.2) is 9.97 Å². The van der Waals surface area contributed by atoms with Gasteiger partial charge in [0.05, 0.1) is 44.1 Å². The zero-order chi connectivity index (χ0) is 49.0. The number of halogens is 3. The Morgan fingerprint density at radius 3 is 2.36 bits per heavy atom. The summed E-state index contributed by atoms with van der Waals surface area (Å²) in [4.78, 5) is 65.1. The first-order valence-electron chi connectivity index (χ1n) is 22.8.